The number of rotatable bonds is 7. The molecular weight excluding hydrogens is 262 g/mol. The van der Waals surface area contributed by atoms with Crippen molar-refractivity contribution in [3.8, 4) is 0 Å². The summed E-state index contributed by atoms with van der Waals surface area (Å²) in [7, 11) is -2.94. The number of carboxylic acids is 1. The molecule has 0 heterocycles. The highest BCUT2D eigenvalue weighted by molar-refractivity contribution is 7.90. The Morgan fingerprint density at radius 1 is 1.28 bits per heavy atom. The van der Waals surface area contributed by atoms with Crippen molar-refractivity contribution in [3.63, 3.8) is 0 Å². The largest absolute Gasteiger partial charge is 0.480 e. The van der Waals surface area contributed by atoms with E-state index in [9.17, 15) is 18.0 Å². The van der Waals surface area contributed by atoms with Crippen molar-refractivity contribution < 1.29 is 27.9 Å². The summed E-state index contributed by atoms with van der Waals surface area (Å²) < 4.78 is 29.3. The van der Waals surface area contributed by atoms with Gasteiger partial charge in [-0.2, -0.15) is 4.31 Å². The Morgan fingerprint density at radius 3 is 2.11 bits per heavy atom. The summed E-state index contributed by atoms with van der Waals surface area (Å²) in [4.78, 5) is 21.9. The molecule has 0 aliphatic heterocycles. The van der Waals surface area contributed by atoms with Crippen molar-refractivity contribution in [2.75, 3.05) is 20.2 Å². The van der Waals surface area contributed by atoms with Crippen LogP contribution in [0.2, 0.25) is 0 Å². The van der Waals surface area contributed by atoms with Crippen molar-refractivity contribution >= 4 is 22.0 Å². The molecule has 0 bridgehead atoms. The van der Waals surface area contributed by atoms with Gasteiger partial charge in [0.2, 0.25) is 10.0 Å². The van der Waals surface area contributed by atoms with E-state index in [1.807, 2.05) is 0 Å². The molecule has 0 amide bonds. The van der Waals surface area contributed by atoms with Crippen molar-refractivity contribution in [3.05, 3.63) is 0 Å². The highest BCUT2D eigenvalue weighted by Gasteiger charge is 2.35. The van der Waals surface area contributed by atoms with Crippen LogP contribution in [0.15, 0.2) is 0 Å². The third kappa shape index (κ3) is 4.61. The maximum absolute atomic E-state index is 12.1. The zero-order valence-corrected chi connectivity index (χ0v) is 11.7. The molecule has 0 aromatic carbocycles. The molecule has 0 saturated heterocycles. The number of hydrogen-bond donors (Lipinski definition) is 1. The molecule has 0 aliphatic rings. The average molecular weight is 281 g/mol. The van der Waals surface area contributed by atoms with Gasteiger partial charge in [0.25, 0.3) is 0 Å². The van der Waals surface area contributed by atoms with Gasteiger partial charge in [0.15, 0.2) is 5.25 Å². The number of carboxylic acid groups (broad SMARTS) is 1. The van der Waals surface area contributed by atoms with Gasteiger partial charge < -0.3 is 9.84 Å². The smallest absolute Gasteiger partial charge is 0.325 e. The minimum atomic E-state index is -4.02. The SMILES string of the molecule is COC(=O)C(C)S(=O)(=O)N(CC(=O)O)CC(C)C. The lowest BCUT2D eigenvalue weighted by atomic mass is 10.2. The van der Waals surface area contributed by atoms with E-state index in [0.717, 1.165) is 11.4 Å². The second-order valence-corrected chi connectivity index (χ2v) is 6.54. The van der Waals surface area contributed by atoms with Gasteiger partial charge in [-0.3, -0.25) is 9.59 Å². The number of methoxy groups -OCH3 is 1. The zero-order chi connectivity index (χ0) is 14.5. The monoisotopic (exact) mass is 281 g/mol. The lowest BCUT2D eigenvalue weighted by Gasteiger charge is -2.24. The maximum Gasteiger partial charge on any atom is 0.325 e. The predicted molar refractivity (Wildman–Crippen MR) is 64.4 cm³/mol. The van der Waals surface area contributed by atoms with E-state index in [1.54, 1.807) is 13.8 Å². The fourth-order valence-electron chi connectivity index (χ4n) is 1.33. The molecule has 0 spiro atoms. The van der Waals surface area contributed by atoms with Crippen molar-refractivity contribution in [1.29, 1.82) is 0 Å². The molecule has 0 saturated carbocycles. The van der Waals surface area contributed by atoms with Crippen LogP contribution in [0.25, 0.3) is 0 Å². The summed E-state index contributed by atoms with van der Waals surface area (Å²) >= 11 is 0. The highest BCUT2D eigenvalue weighted by atomic mass is 32.2. The van der Waals surface area contributed by atoms with Gasteiger partial charge in [-0.15, -0.1) is 0 Å². The molecular formula is C10H19NO6S. The summed E-state index contributed by atoms with van der Waals surface area (Å²) in [5.41, 5.74) is 0. The number of esters is 1. The van der Waals surface area contributed by atoms with E-state index >= 15 is 0 Å². The molecule has 0 aromatic rings. The van der Waals surface area contributed by atoms with Gasteiger partial charge in [-0.05, 0) is 12.8 Å². The Hall–Kier alpha value is -1.15. The standard InChI is InChI=1S/C10H19NO6S/c1-7(2)5-11(6-9(12)13)18(15,16)8(3)10(14)17-4/h7-8H,5-6H2,1-4H3,(H,12,13). The Bertz CT molecular complexity index is 403. The Labute approximate surface area is 107 Å². The first kappa shape index (κ1) is 16.9. The Kier molecular flexibility index (Phi) is 6.27. The zero-order valence-electron chi connectivity index (χ0n) is 10.9. The van der Waals surface area contributed by atoms with Gasteiger partial charge in [0.05, 0.1) is 7.11 Å². The lowest BCUT2D eigenvalue weighted by molar-refractivity contribution is -0.140. The fraction of sp³-hybridized carbons (Fsp3) is 0.800. The van der Waals surface area contributed by atoms with E-state index in [2.05, 4.69) is 4.74 Å². The first-order valence-electron chi connectivity index (χ1n) is 5.41. The van der Waals surface area contributed by atoms with Crippen molar-refractivity contribution in [2.45, 2.75) is 26.0 Å². The number of carbonyl (C=O) groups is 2. The number of ether oxygens (including phenoxy) is 1. The quantitative estimate of drug-likeness (QED) is 0.655. The lowest BCUT2D eigenvalue weighted by Crippen LogP contribution is -2.45. The number of nitrogens with zero attached hydrogens (tertiary/aromatic N) is 1. The number of carbonyl (C=O) groups excluding carboxylic acids is 1. The first-order valence-corrected chi connectivity index (χ1v) is 6.91. The molecule has 0 rings (SSSR count). The Morgan fingerprint density at radius 2 is 1.78 bits per heavy atom. The van der Waals surface area contributed by atoms with Crippen LogP contribution in [0, 0.1) is 5.92 Å². The molecule has 1 N–H and O–H groups in total. The van der Waals surface area contributed by atoms with E-state index in [4.69, 9.17) is 5.11 Å². The number of aliphatic carboxylic acids is 1. The Balaban J connectivity index is 5.19. The summed E-state index contributed by atoms with van der Waals surface area (Å²) in [5.74, 6) is -2.23. The van der Waals surface area contributed by atoms with Crippen molar-refractivity contribution in [2.24, 2.45) is 5.92 Å². The molecule has 1 atom stereocenters. The van der Waals surface area contributed by atoms with Gasteiger partial charge in [-0.25, -0.2) is 8.42 Å². The van der Waals surface area contributed by atoms with Crippen LogP contribution in [-0.4, -0.2) is 55.2 Å². The third-order valence-electron chi connectivity index (χ3n) is 2.22. The van der Waals surface area contributed by atoms with Crippen LogP contribution in [-0.2, 0) is 24.3 Å². The molecule has 0 radical (unpaired) electrons. The van der Waals surface area contributed by atoms with E-state index in [1.165, 1.54) is 6.92 Å². The first-order chi connectivity index (χ1) is 8.12. The van der Waals surface area contributed by atoms with Gasteiger partial charge in [0.1, 0.15) is 6.54 Å². The van der Waals surface area contributed by atoms with Gasteiger partial charge in [0, 0.05) is 6.54 Å². The average Bonchev–Trinajstić information content (AvgIpc) is 2.24. The van der Waals surface area contributed by atoms with Crippen LogP contribution >= 0.6 is 0 Å². The van der Waals surface area contributed by atoms with E-state index in [0.29, 0.717) is 0 Å². The third-order valence-corrected chi connectivity index (χ3v) is 4.30. The maximum atomic E-state index is 12.1. The molecule has 0 aliphatic carbocycles. The van der Waals surface area contributed by atoms with Crippen LogP contribution in [0.4, 0.5) is 0 Å². The number of sulfonamides is 1. The predicted octanol–water partition coefficient (Wildman–Crippen LogP) is -0.0797. The molecule has 18 heavy (non-hydrogen) atoms. The number of hydrogen-bond acceptors (Lipinski definition) is 5. The van der Waals surface area contributed by atoms with E-state index < -0.39 is 33.8 Å². The molecule has 8 heteroatoms. The minimum absolute atomic E-state index is 0.0377. The topological polar surface area (TPSA) is 101 Å². The summed E-state index contributed by atoms with van der Waals surface area (Å²) in [5, 5.41) is 7.30. The van der Waals surface area contributed by atoms with Crippen LogP contribution < -0.4 is 0 Å². The molecule has 106 valence electrons. The van der Waals surface area contributed by atoms with Crippen molar-refractivity contribution in [1.82, 2.24) is 4.31 Å². The normalized spacial score (nSPS) is 13.7. The highest BCUT2D eigenvalue weighted by Crippen LogP contribution is 2.12. The van der Waals surface area contributed by atoms with Crippen LogP contribution in [0.5, 0.6) is 0 Å². The van der Waals surface area contributed by atoms with Crippen LogP contribution in [0.1, 0.15) is 20.8 Å². The summed E-state index contributed by atoms with van der Waals surface area (Å²) in [6, 6.07) is 0. The molecule has 0 aromatic heterocycles. The molecule has 7 nitrogen and oxygen atoms in total. The molecule has 1 unspecified atom stereocenters. The molecule has 0 fully saturated rings. The summed E-state index contributed by atoms with van der Waals surface area (Å²) in [6.07, 6.45) is 0. The second-order valence-electron chi connectivity index (χ2n) is 4.29. The second kappa shape index (κ2) is 6.69. The van der Waals surface area contributed by atoms with Crippen LogP contribution in [0.3, 0.4) is 0 Å². The van der Waals surface area contributed by atoms with Gasteiger partial charge >= 0.3 is 11.9 Å². The van der Waals surface area contributed by atoms with E-state index in [-0.39, 0.29) is 12.5 Å². The van der Waals surface area contributed by atoms with Gasteiger partial charge in [-0.1, -0.05) is 13.8 Å². The summed E-state index contributed by atoms with van der Waals surface area (Å²) in [6.45, 7) is 4.06. The minimum Gasteiger partial charge on any atom is -0.480 e. The fourth-order valence-corrected chi connectivity index (χ4v) is 2.91.